The summed E-state index contributed by atoms with van der Waals surface area (Å²) < 4.78 is 37.6. The van der Waals surface area contributed by atoms with Gasteiger partial charge in [0.25, 0.3) is 0 Å². The molecule has 5 aliphatic carbocycles. The molecule has 1 heterocycles. The second kappa shape index (κ2) is 10.2. The first kappa shape index (κ1) is 30.1. The number of ether oxygens (including phenoxy) is 6. The van der Waals surface area contributed by atoms with E-state index in [4.69, 9.17) is 28.4 Å². The number of aliphatic hydroxyl groups is 1. The summed E-state index contributed by atoms with van der Waals surface area (Å²) in [6.45, 7) is 2.26. The minimum atomic E-state index is -1.57. The molecule has 0 aromatic heterocycles. The third kappa shape index (κ3) is 3.48. The highest BCUT2D eigenvalue weighted by atomic mass is 16.6. The fraction of sp³-hybridized carbons (Fsp3) is 0.727. The summed E-state index contributed by atoms with van der Waals surface area (Å²) in [4.78, 5) is 41.7. The van der Waals surface area contributed by atoms with Crippen molar-refractivity contribution in [1.82, 2.24) is 4.90 Å². The van der Waals surface area contributed by atoms with Crippen molar-refractivity contribution in [3.05, 3.63) is 35.9 Å². The number of nitrogens with zero attached hydrogens (tertiary/aromatic N) is 1. The number of amides is 1. The number of rotatable bonds is 9. The van der Waals surface area contributed by atoms with Crippen LogP contribution in [-0.4, -0.2) is 112 Å². The number of carbonyl (C=O) groups is 3. The Morgan fingerprint density at radius 3 is 2.36 bits per heavy atom. The van der Waals surface area contributed by atoms with E-state index < -0.39 is 70.2 Å². The average molecular weight is 614 g/mol. The van der Waals surface area contributed by atoms with Crippen molar-refractivity contribution < 1.29 is 47.9 Å². The molecule has 1 aromatic carbocycles. The van der Waals surface area contributed by atoms with Gasteiger partial charge in [0, 0.05) is 83.0 Å². The quantitative estimate of drug-likeness (QED) is 0.325. The van der Waals surface area contributed by atoms with Gasteiger partial charge in [-0.15, -0.1) is 0 Å². The fourth-order valence-electron chi connectivity index (χ4n) is 12.0. The minimum absolute atomic E-state index is 0.137. The SMILES string of the molecule is COC[C@@]12CCC(OC)C34[C@@H]5C[C@@]6(O)C(OC(=O)c7ccccc7)[C@@H]5[C@](OC(C)=O)(C[C@@H]6OC)[C@@H](C(OC)[C@@H]31)[C@@H]4N(C=O)C2. The van der Waals surface area contributed by atoms with Crippen LogP contribution in [0.3, 0.4) is 0 Å². The third-order valence-electron chi connectivity index (χ3n) is 12.7. The van der Waals surface area contributed by atoms with Gasteiger partial charge in [-0.2, -0.15) is 0 Å². The highest BCUT2D eigenvalue weighted by Gasteiger charge is 2.90. The van der Waals surface area contributed by atoms with Crippen molar-refractivity contribution in [1.29, 1.82) is 0 Å². The van der Waals surface area contributed by atoms with Crippen molar-refractivity contribution in [3.63, 3.8) is 0 Å². The first-order valence-electron chi connectivity index (χ1n) is 15.6. The molecule has 1 saturated heterocycles. The number of benzene rings is 1. The van der Waals surface area contributed by atoms with E-state index in [0.717, 1.165) is 19.3 Å². The molecule has 7 bridgehead atoms. The Labute approximate surface area is 257 Å². The summed E-state index contributed by atoms with van der Waals surface area (Å²) >= 11 is 0. The van der Waals surface area contributed by atoms with Gasteiger partial charge >= 0.3 is 11.9 Å². The van der Waals surface area contributed by atoms with E-state index in [1.54, 1.807) is 45.6 Å². The summed E-state index contributed by atoms with van der Waals surface area (Å²) in [6.07, 6.45) is 0.195. The van der Waals surface area contributed by atoms with E-state index in [-0.39, 0.29) is 30.8 Å². The number of hydrogen-bond donors (Lipinski definition) is 1. The van der Waals surface area contributed by atoms with Crippen LogP contribution in [0.2, 0.25) is 0 Å². The van der Waals surface area contributed by atoms with Crippen molar-refractivity contribution in [2.75, 3.05) is 41.6 Å². The summed E-state index contributed by atoms with van der Waals surface area (Å²) in [6, 6.07) is 8.26. The van der Waals surface area contributed by atoms with Crippen molar-refractivity contribution in [2.24, 2.45) is 34.5 Å². The van der Waals surface area contributed by atoms with Gasteiger partial charge in [-0.05, 0) is 37.3 Å². The Morgan fingerprint density at radius 2 is 1.75 bits per heavy atom. The van der Waals surface area contributed by atoms with Crippen LogP contribution in [0.15, 0.2) is 30.3 Å². The molecule has 1 N–H and O–H groups in total. The molecule has 1 aliphatic heterocycles. The van der Waals surface area contributed by atoms with Gasteiger partial charge < -0.3 is 38.4 Å². The van der Waals surface area contributed by atoms with Crippen LogP contribution in [0.5, 0.6) is 0 Å². The van der Waals surface area contributed by atoms with Crippen LogP contribution in [0, 0.1) is 34.5 Å². The van der Waals surface area contributed by atoms with E-state index >= 15 is 0 Å². The van der Waals surface area contributed by atoms with Crippen molar-refractivity contribution >= 4 is 18.3 Å². The Kier molecular flexibility index (Phi) is 6.99. The Balaban J connectivity index is 1.50. The number of esters is 2. The van der Waals surface area contributed by atoms with Crippen molar-refractivity contribution in [2.45, 2.75) is 74.3 Å². The maximum Gasteiger partial charge on any atom is 0.338 e. The number of methoxy groups -OCH3 is 4. The predicted octanol–water partition coefficient (Wildman–Crippen LogP) is 1.84. The number of hydrogen-bond acceptors (Lipinski definition) is 10. The molecule has 6 aliphatic rings. The summed E-state index contributed by atoms with van der Waals surface area (Å²) in [5.74, 6) is -2.66. The van der Waals surface area contributed by atoms with E-state index in [0.29, 0.717) is 18.7 Å². The number of likely N-dealkylation sites (tertiary alicyclic amines) is 1. The number of carbonyl (C=O) groups excluding carboxylic acids is 3. The predicted molar refractivity (Wildman–Crippen MR) is 153 cm³/mol. The second-order valence-electron chi connectivity index (χ2n) is 14.0. The van der Waals surface area contributed by atoms with E-state index in [1.807, 2.05) is 11.0 Å². The molecule has 6 fully saturated rings. The molecule has 0 radical (unpaired) electrons. The highest BCUT2D eigenvalue weighted by molar-refractivity contribution is 5.89. The lowest BCUT2D eigenvalue weighted by Gasteiger charge is -2.68. The summed E-state index contributed by atoms with van der Waals surface area (Å²) in [5.41, 5.74) is -3.63. The molecule has 1 spiro atoms. The summed E-state index contributed by atoms with van der Waals surface area (Å²) in [7, 11) is 6.58. The first-order chi connectivity index (χ1) is 21.1. The maximum absolute atomic E-state index is 13.7. The van der Waals surface area contributed by atoms with Crippen LogP contribution >= 0.6 is 0 Å². The van der Waals surface area contributed by atoms with Crippen LogP contribution in [0.25, 0.3) is 0 Å². The molecule has 44 heavy (non-hydrogen) atoms. The third-order valence-corrected chi connectivity index (χ3v) is 12.7. The van der Waals surface area contributed by atoms with Gasteiger partial charge in [0.15, 0.2) is 0 Å². The van der Waals surface area contributed by atoms with Gasteiger partial charge in [-0.3, -0.25) is 9.59 Å². The molecule has 240 valence electrons. The van der Waals surface area contributed by atoms with E-state index in [2.05, 4.69) is 0 Å². The van der Waals surface area contributed by atoms with Gasteiger partial charge in [0.1, 0.15) is 17.3 Å². The maximum atomic E-state index is 13.7. The van der Waals surface area contributed by atoms with Gasteiger partial charge in [0.05, 0.1) is 30.5 Å². The van der Waals surface area contributed by atoms with Gasteiger partial charge in [-0.1, -0.05) is 18.2 Å². The first-order valence-corrected chi connectivity index (χ1v) is 15.6. The molecule has 11 nitrogen and oxygen atoms in total. The topological polar surface area (TPSA) is 130 Å². The Hall–Kier alpha value is -2.57. The summed E-state index contributed by atoms with van der Waals surface area (Å²) in [5, 5.41) is 12.7. The molecule has 4 unspecified atom stereocenters. The lowest BCUT2D eigenvalue weighted by molar-refractivity contribution is -0.283. The smallest absolute Gasteiger partial charge is 0.338 e. The zero-order valence-electron chi connectivity index (χ0n) is 26.0. The molecule has 5 saturated carbocycles. The van der Waals surface area contributed by atoms with Gasteiger partial charge in [0.2, 0.25) is 6.41 Å². The molecular formula is C33H43NO10. The molecule has 11 heteroatoms. The molecule has 13 atom stereocenters. The van der Waals surface area contributed by atoms with Crippen LogP contribution in [-0.2, 0) is 38.0 Å². The molecule has 1 amide bonds. The van der Waals surface area contributed by atoms with E-state index in [9.17, 15) is 19.5 Å². The van der Waals surface area contributed by atoms with Crippen LogP contribution in [0.1, 0.15) is 43.0 Å². The highest BCUT2D eigenvalue weighted by Crippen LogP contribution is 2.80. The minimum Gasteiger partial charge on any atom is -0.458 e. The van der Waals surface area contributed by atoms with Crippen molar-refractivity contribution in [3.8, 4) is 0 Å². The van der Waals surface area contributed by atoms with Crippen LogP contribution in [0.4, 0.5) is 0 Å². The largest absolute Gasteiger partial charge is 0.458 e. The Morgan fingerprint density at radius 1 is 1.02 bits per heavy atom. The normalized spacial score (nSPS) is 47.7. The zero-order chi connectivity index (χ0) is 31.2. The second-order valence-corrected chi connectivity index (χ2v) is 14.0. The molecule has 1 aromatic rings. The van der Waals surface area contributed by atoms with Crippen LogP contribution < -0.4 is 0 Å². The molecular weight excluding hydrogens is 570 g/mol. The van der Waals surface area contributed by atoms with Gasteiger partial charge in [-0.25, -0.2) is 4.79 Å². The average Bonchev–Trinajstić information content (AvgIpc) is 3.39. The standard InChI is InChI=1S/C33H43NO10/c1-18(36)44-32-14-22(41-4)31(38)13-20(23(32)28(31)43-29(37)19-9-7-6-8-10-19)33-21(40-3)11-12-30(16-39-2)15-34(17-35)27(33)24(32)25(42-5)26(30)33/h6-10,17,20-28,38H,11-16H2,1-5H3/t20-,21?,22+,23-,24+,25?,26-,27+,28?,30+,31+,32-,33?/m1/s1. The number of piperidine rings is 1. The monoisotopic (exact) mass is 613 g/mol. The lowest BCUT2D eigenvalue weighted by atomic mass is 9.43. The Bertz CT molecular complexity index is 1330. The lowest BCUT2D eigenvalue weighted by Crippen LogP contribution is -2.77. The molecule has 7 rings (SSSR count). The number of fused-ring (bicyclic) bond motifs is 2. The van der Waals surface area contributed by atoms with E-state index in [1.165, 1.54) is 14.0 Å². The zero-order valence-corrected chi connectivity index (χ0v) is 26.0. The fourth-order valence-corrected chi connectivity index (χ4v) is 12.0.